The summed E-state index contributed by atoms with van der Waals surface area (Å²) in [6.45, 7) is 8.05. The van der Waals surface area contributed by atoms with Gasteiger partial charge in [0.25, 0.3) is 0 Å². The van der Waals surface area contributed by atoms with Gasteiger partial charge in [-0.25, -0.2) is 0 Å². The summed E-state index contributed by atoms with van der Waals surface area (Å²) >= 11 is 0. The van der Waals surface area contributed by atoms with Gasteiger partial charge in [0, 0.05) is 11.6 Å². The van der Waals surface area contributed by atoms with Crippen LogP contribution in [0.25, 0.3) is 0 Å². The Hall–Kier alpha value is -0.930. The van der Waals surface area contributed by atoms with E-state index in [1.54, 1.807) is 6.07 Å². The van der Waals surface area contributed by atoms with E-state index in [0.29, 0.717) is 5.69 Å². The highest BCUT2D eigenvalue weighted by Crippen LogP contribution is 2.39. The van der Waals surface area contributed by atoms with Crippen molar-refractivity contribution in [1.82, 2.24) is 0 Å². The third kappa shape index (κ3) is 2.80. The van der Waals surface area contributed by atoms with Crippen LogP contribution in [0.1, 0.15) is 37.9 Å². The van der Waals surface area contributed by atoms with E-state index >= 15 is 0 Å². The number of phenols is 1. The fraction of sp³-hybridized carbons (Fsp3) is 0.500. The first-order valence-corrected chi connectivity index (χ1v) is 5.08. The molecule has 0 unspecified atom stereocenters. The molecular weight excluding hydrogens is 224 g/mol. The fourth-order valence-electron chi connectivity index (χ4n) is 1.55. The number of anilines is 1. The van der Waals surface area contributed by atoms with Crippen molar-refractivity contribution < 1.29 is 5.11 Å². The maximum absolute atomic E-state index is 9.91. The van der Waals surface area contributed by atoms with E-state index in [4.69, 9.17) is 11.5 Å². The summed E-state index contributed by atoms with van der Waals surface area (Å²) in [4.78, 5) is 0. The molecule has 0 aliphatic carbocycles. The Morgan fingerprint density at radius 1 is 1.25 bits per heavy atom. The first-order chi connectivity index (χ1) is 6.75. The monoisotopic (exact) mass is 244 g/mol. The van der Waals surface area contributed by atoms with Gasteiger partial charge in [-0.05, 0) is 24.0 Å². The van der Waals surface area contributed by atoms with E-state index < -0.39 is 0 Å². The third-order valence-corrected chi connectivity index (χ3v) is 2.71. The van der Waals surface area contributed by atoms with Crippen LogP contribution in [0.2, 0.25) is 0 Å². The van der Waals surface area contributed by atoms with Crippen molar-refractivity contribution in [2.24, 2.45) is 11.1 Å². The summed E-state index contributed by atoms with van der Waals surface area (Å²) in [6, 6.07) is 3.36. The lowest BCUT2D eigenvalue weighted by atomic mass is 9.81. The largest absolute Gasteiger partial charge is 0.505 e. The van der Waals surface area contributed by atoms with Crippen molar-refractivity contribution in [1.29, 1.82) is 0 Å². The molecule has 0 saturated heterocycles. The molecule has 16 heavy (non-hydrogen) atoms. The zero-order valence-electron chi connectivity index (χ0n) is 10.2. The van der Waals surface area contributed by atoms with Crippen LogP contribution in [0, 0.1) is 12.3 Å². The number of rotatable bonds is 1. The Balaban J connectivity index is 0.00000225. The standard InChI is InChI=1S/C12H20N2O.ClH/c1-7-5-6-8(13)10(15)9(7)11(14)12(2,3)4;/h5-6,11,15H,13-14H2,1-4H3;1H/t11-;/m1./s1. The molecule has 0 fully saturated rings. The second-order valence-corrected chi connectivity index (χ2v) is 5.08. The van der Waals surface area contributed by atoms with Gasteiger partial charge in [0.1, 0.15) is 5.75 Å². The summed E-state index contributed by atoms with van der Waals surface area (Å²) in [5.41, 5.74) is 13.8. The van der Waals surface area contributed by atoms with Crippen molar-refractivity contribution >= 4 is 18.1 Å². The number of halogens is 1. The van der Waals surface area contributed by atoms with E-state index in [1.165, 1.54) is 0 Å². The van der Waals surface area contributed by atoms with Crippen LogP contribution in [0.5, 0.6) is 5.75 Å². The maximum Gasteiger partial charge on any atom is 0.143 e. The normalized spacial score (nSPS) is 13.1. The van der Waals surface area contributed by atoms with Crippen LogP contribution < -0.4 is 11.5 Å². The van der Waals surface area contributed by atoms with E-state index in [0.717, 1.165) is 11.1 Å². The zero-order chi connectivity index (χ0) is 11.8. The number of nitrogens with two attached hydrogens (primary N) is 2. The second-order valence-electron chi connectivity index (χ2n) is 5.08. The SMILES string of the molecule is Cc1ccc(N)c(O)c1[C@@H](N)C(C)(C)C.Cl. The lowest BCUT2D eigenvalue weighted by Crippen LogP contribution is -2.27. The number of aryl methyl sites for hydroxylation is 1. The number of hydrogen-bond donors (Lipinski definition) is 3. The molecule has 3 nitrogen and oxygen atoms in total. The van der Waals surface area contributed by atoms with Gasteiger partial charge < -0.3 is 16.6 Å². The summed E-state index contributed by atoms with van der Waals surface area (Å²) in [5.74, 6) is 0.123. The third-order valence-electron chi connectivity index (χ3n) is 2.71. The molecule has 1 aromatic rings. The minimum atomic E-state index is -0.221. The fourth-order valence-corrected chi connectivity index (χ4v) is 1.55. The quantitative estimate of drug-likeness (QED) is 0.525. The van der Waals surface area contributed by atoms with Crippen molar-refractivity contribution in [2.75, 3.05) is 5.73 Å². The molecule has 0 aliphatic rings. The van der Waals surface area contributed by atoms with Gasteiger partial charge in [0.15, 0.2) is 0 Å². The number of benzene rings is 1. The molecule has 1 aromatic carbocycles. The summed E-state index contributed by atoms with van der Waals surface area (Å²) < 4.78 is 0. The molecule has 0 saturated carbocycles. The highest BCUT2D eigenvalue weighted by Gasteiger charge is 2.26. The summed E-state index contributed by atoms with van der Waals surface area (Å²) in [7, 11) is 0. The van der Waals surface area contributed by atoms with Gasteiger partial charge in [0.05, 0.1) is 5.69 Å². The predicted octanol–water partition coefficient (Wildman–Crippen LogP) is 2.75. The molecule has 0 aromatic heterocycles. The molecule has 0 bridgehead atoms. The van der Waals surface area contributed by atoms with Crippen LogP contribution in [0.4, 0.5) is 5.69 Å². The summed E-state index contributed by atoms with van der Waals surface area (Å²) in [5, 5.41) is 9.91. The Morgan fingerprint density at radius 3 is 2.19 bits per heavy atom. The molecule has 1 atom stereocenters. The van der Waals surface area contributed by atoms with Gasteiger partial charge in [-0.2, -0.15) is 0 Å². The Kier molecular flexibility index (Phi) is 4.65. The van der Waals surface area contributed by atoms with Gasteiger partial charge in [-0.15, -0.1) is 12.4 Å². The van der Waals surface area contributed by atoms with Gasteiger partial charge in [-0.3, -0.25) is 0 Å². The molecule has 0 heterocycles. The Morgan fingerprint density at radius 2 is 1.75 bits per heavy atom. The van der Waals surface area contributed by atoms with Crippen LogP contribution in [0.3, 0.4) is 0 Å². The highest BCUT2D eigenvalue weighted by atomic mass is 35.5. The molecular formula is C12H21ClN2O. The van der Waals surface area contributed by atoms with Crippen LogP contribution in [0.15, 0.2) is 12.1 Å². The predicted molar refractivity (Wildman–Crippen MR) is 70.9 cm³/mol. The molecule has 5 N–H and O–H groups in total. The highest BCUT2D eigenvalue weighted by molar-refractivity contribution is 5.85. The molecule has 0 amide bonds. The lowest BCUT2D eigenvalue weighted by Gasteiger charge is -2.29. The minimum Gasteiger partial charge on any atom is -0.505 e. The van der Waals surface area contributed by atoms with Crippen molar-refractivity contribution in [2.45, 2.75) is 33.7 Å². The molecule has 0 spiro atoms. The van der Waals surface area contributed by atoms with E-state index in [2.05, 4.69) is 0 Å². The second kappa shape index (κ2) is 4.93. The van der Waals surface area contributed by atoms with Crippen molar-refractivity contribution in [3.8, 4) is 5.75 Å². The number of nitrogen functional groups attached to an aromatic ring is 1. The van der Waals surface area contributed by atoms with Crippen LogP contribution in [-0.4, -0.2) is 5.11 Å². The van der Waals surface area contributed by atoms with Crippen molar-refractivity contribution in [3.63, 3.8) is 0 Å². The molecule has 4 heteroatoms. The minimum absolute atomic E-state index is 0. The maximum atomic E-state index is 9.91. The first kappa shape index (κ1) is 15.1. The first-order valence-electron chi connectivity index (χ1n) is 5.08. The van der Waals surface area contributed by atoms with Crippen molar-refractivity contribution in [3.05, 3.63) is 23.3 Å². The van der Waals surface area contributed by atoms with E-state index in [9.17, 15) is 5.11 Å². The number of phenolic OH excluding ortho intramolecular Hbond substituents is 1. The Bertz CT molecular complexity index is 372. The topological polar surface area (TPSA) is 72.3 Å². The summed E-state index contributed by atoms with van der Waals surface area (Å²) in [6.07, 6.45) is 0. The number of aromatic hydroxyl groups is 1. The average molecular weight is 245 g/mol. The number of hydrogen-bond acceptors (Lipinski definition) is 3. The molecule has 1 rings (SSSR count). The van der Waals surface area contributed by atoms with Gasteiger partial charge in [-0.1, -0.05) is 26.8 Å². The van der Waals surface area contributed by atoms with E-state index in [1.807, 2.05) is 33.8 Å². The van der Waals surface area contributed by atoms with E-state index in [-0.39, 0.29) is 29.6 Å². The zero-order valence-corrected chi connectivity index (χ0v) is 11.1. The smallest absolute Gasteiger partial charge is 0.143 e. The average Bonchev–Trinajstić information content (AvgIpc) is 2.10. The van der Waals surface area contributed by atoms with Crippen LogP contribution in [-0.2, 0) is 0 Å². The van der Waals surface area contributed by atoms with Gasteiger partial charge in [0.2, 0.25) is 0 Å². The Labute approximate surface area is 103 Å². The lowest BCUT2D eigenvalue weighted by molar-refractivity contribution is 0.317. The van der Waals surface area contributed by atoms with Gasteiger partial charge >= 0.3 is 0 Å². The van der Waals surface area contributed by atoms with Crippen LogP contribution >= 0.6 is 12.4 Å². The molecule has 92 valence electrons. The molecule has 0 radical (unpaired) electrons. The molecule has 0 aliphatic heterocycles.